The lowest BCUT2D eigenvalue weighted by Crippen LogP contribution is -3.00. The number of benzene rings is 1. The van der Waals surface area contributed by atoms with Crippen molar-refractivity contribution in [3.05, 3.63) is 94.6 Å². The third kappa shape index (κ3) is 6.74. The molecule has 0 saturated carbocycles. The number of hydrogen-bond acceptors (Lipinski definition) is 0. The van der Waals surface area contributed by atoms with Crippen molar-refractivity contribution in [2.24, 2.45) is 0 Å². The minimum Gasteiger partial charge on any atom is -1.00 e. The number of aryl methyl sites for hydroxylation is 4. The molecule has 0 aliphatic heterocycles. The first-order valence-electron chi connectivity index (χ1n) is 11.5. The van der Waals surface area contributed by atoms with Gasteiger partial charge in [-0.1, -0.05) is 38.1 Å². The summed E-state index contributed by atoms with van der Waals surface area (Å²) < 4.78 is 4.88. The first-order valence-corrected chi connectivity index (χ1v) is 11.5. The highest BCUT2D eigenvalue weighted by Gasteiger charge is 2.25. The van der Waals surface area contributed by atoms with Crippen molar-refractivity contribution in [2.45, 2.75) is 79.3 Å². The van der Waals surface area contributed by atoms with Crippen LogP contribution in [0.15, 0.2) is 60.9 Å². The number of hydrogen-bond donors (Lipinski definition) is 0. The summed E-state index contributed by atoms with van der Waals surface area (Å²) >= 11 is 0. The molecule has 0 aliphatic carbocycles. The second kappa shape index (κ2) is 13.3. The smallest absolute Gasteiger partial charge is 0.183 e. The summed E-state index contributed by atoms with van der Waals surface area (Å²) in [5, 5.41) is 0. The van der Waals surface area contributed by atoms with Crippen molar-refractivity contribution in [1.82, 2.24) is 0 Å². The maximum absolute atomic E-state index is 2.44. The fraction of sp³-hybridized carbons (Fsp3) is 0.429. The summed E-state index contributed by atoms with van der Waals surface area (Å²) in [6.45, 7) is 13.3. The summed E-state index contributed by atoms with van der Waals surface area (Å²) in [7, 11) is 0. The number of rotatable bonds is 8. The maximum Gasteiger partial charge on any atom is 0.183 e. The molecule has 2 nitrogen and oxygen atoms in total. The highest BCUT2D eigenvalue weighted by Crippen LogP contribution is 2.24. The van der Waals surface area contributed by atoms with Crippen LogP contribution in [0.4, 0.5) is 0 Å². The van der Waals surface area contributed by atoms with Gasteiger partial charge >= 0.3 is 0 Å². The molecule has 3 rings (SSSR count). The Morgan fingerprint density at radius 2 is 0.938 bits per heavy atom. The zero-order chi connectivity index (χ0) is 21.7. The number of nitrogens with zero attached hydrogens (tertiary/aromatic N) is 2. The topological polar surface area (TPSA) is 7.76 Å². The zero-order valence-corrected chi connectivity index (χ0v) is 23.6. The van der Waals surface area contributed by atoms with Gasteiger partial charge in [-0.15, -0.1) is 0 Å². The average Bonchev–Trinajstić information content (AvgIpc) is 2.72. The average molecular weight is 562 g/mol. The maximum atomic E-state index is 2.44. The Hall–Kier alpha value is -1.52. The lowest BCUT2D eigenvalue weighted by molar-refractivity contribution is -0.720. The molecule has 2 unspecified atom stereocenters. The molecule has 32 heavy (non-hydrogen) atoms. The van der Waals surface area contributed by atoms with Crippen molar-refractivity contribution < 1.29 is 43.1 Å². The Morgan fingerprint density at radius 1 is 0.594 bits per heavy atom. The molecule has 2 atom stereocenters. The predicted molar refractivity (Wildman–Crippen MR) is 125 cm³/mol. The van der Waals surface area contributed by atoms with E-state index in [1.165, 1.54) is 46.5 Å². The van der Waals surface area contributed by atoms with Gasteiger partial charge < -0.3 is 34.0 Å². The van der Waals surface area contributed by atoms with Crippen LogP contribution < -0.4 is 43.1 Å². The Kier molecular flexibility index (Phi) is 11.8. The molecular formula is C28H38Br2N2. The fourth-order valence-electron chi connectivity index (χ4n) is 4.65. The largest absolute Gasteiger partial charge is 1.00 e. The molecular weight excluding hydrogens is 524 g/mol. The Balaban J connectivity index is 0.00000256. The first kappa shape index (κ1) is 28.5. The molecule has 2 aromatic heterocycles. The molecule has 0 aliphatic rings. The van der Waals surface area contributed by atoms with Gasteiger partial charge in [-0.05, 0) is 37.8 Å². The highest BCUT2D eigenvalue weighted by atomic mass is 79.9. The van der Waals surface area contributed by atoms with E-state index in [-0.39, 0.29) is 34.0 Å². The van der Waals surface area contributed by atoms with Gasteiger partial charge in [-0.3, -0.25) is 0 Å². The van der Waals surface area contributed by atoms with Crippen molar-refractivity contribution in [3.8, 4) is 0 Å². The van der Waals surface area contributed by atoms with Crippen molar-refractivity contribution in [1.29, 1.82) is 0 Å². The van der Waals surface area contributed by atoms with Crippen LogP contribution in [0.1, 0.15) is 85.3 Å². The summed E-state index contributed by atoms with van der Waals surface area (Å²) in [4.78, 5) is 0. The van der Waals surface area contributed by atoms with Gasteiger partial charge in [0, 0.05) is 62.1 Å². The van der Waals surface area contributed by atoms with Crippen LogP contribution in [0, 0.1) is 27.7 Å². The SMILES string of the molecule is CCCC(c1ccc(C(CCC)[n+]2ccc(C)cc2C)cc1)[n+]1ccc(C)cc1C.[Br-].[Br-]. The van der Waals surface area contributed by atoms with E-state index in [0.29, 0.717) is 12.1 Å². The molecule has 0 spiro atoms. The quantitative estimate of drug-likeness (QED) is 0.349. The van der Waals surface area contributed by atoms with Crippen molar-refractivity contribution in [2.75, 3.05) is 0 Å². The molecule has 174 valence electrons. The van der Waals surface area contributed by atoms with Gasteiger partial charge in [0.25, 0.3) is 0 Å². The Morgan fingerprint density at radius 3 is 1.22 bits per heavy atom. The third-order valence-corrected chi connectivity index (χ3v) is 6.19. The number of halogens is 2. The van der Waals surface area contributed by atoms with Crippen LogP contribution in [-0.4, -0.2) is 0 Å². The van der Waals surface area contributed by atoms with E-state index in [2.05, 4.69) is 112 Å². The molecule has 0 saturated heterocycles. The van der Waals surface area contributed by atoms with Gasteiger partial charge in [0.15, 0.2) is 35.9 Å². The molecule has 0 amide bonds. The Bertz CT molecular complexity index is 903. The van der Waals surface area contributed by atoms with Crippen LogP contribution >= 0.6 is 0 Å². The van der Waals surface area contributed by atoms with Gasteiger partial charge in [0.1, 0.15) is 0 Å². The van der Waals surface area contributed by atoms with E-state index in [4.69, 9.17) is 0 Å². The molecule has 1 aromatic carbocycles. The van der Waals surface area contributed by atoms with E-state index in [1.807, 2.05) is 0 Å². The molecule has 3 aromatic rings. The molecule has 0 radical (unpaired) electrons. The lowest BCUT2D eigenvalue weighted by atomic mass is 9.95. The fourth-order valence-corrected chi connectivity index (χ4v) is 4.65. The summed E-state index contributed by atoms with van der Waals surface area (Å²) in [6.07, 6.45) is 9.15. The normalized spacial score (nSPS) is 12.4. The van der Waals surface area contributed by atoms with Crippen LogP contribution in [-0.2, 0) is 0 Å². The highest BCUT2D eigenvalue weighted by molar-refractivity contribution is 5.26. The standard InChI is InChI=1S/C28H38N2.2BrH/c1-7-9-27(29-17-15-21(3)19-23(29)5)25-11-13-26(14-12-25)28(10-8-2)30-18-16-22(4)20-24(30)6;;/h11-20,27-28H,7-10H2,1-6H3;2*1H/q+2;;/p-2. The Labute approximate surface area is 216 Å². The predicted octanol–water partition coefficient (Wildman–Crippen LogP) is 0.282. The van der Waals surface area contributed by atoms with Crippen LogP contribution in [0.3, 0.4) is 0 Å². The number of pyridine rings is 2. The van der Waals surface area contributed by atoms with Gasteiger partial charge in [-0.25, -0.2) is 0 Å². The minimum absolute atomic E-state index is 0. The third-order valence-electron chi connectivity index (χ3n) is 6.19. The zero-order valence-electron chi connectivity index (χ0n) is 20.4. The molecule has 0 bridgehead atoms. The van der Waals surface area contributed by atoms with E-state index < -0.39 is 0 Å². The monoisotopic (exact) mass is 560 g/mol. The lowest BCUT2D eigenvalue weighted by Gasteiger charge is -2.17. The summed E-state index contributed by atoms with van der Waals surface area (Å²) in [6, 6.07) is 19.2. The molecule has 0 fully saturated rings. The van der Waals surface area contributed by atoms with Crippen molar-refractivity contribution >= 4 is 0 Å². The number of aromatic nitrogens is 2. The molecule has 0 N–H and O–H groups in total. The second-order valence-corrected chi connectivity index (χ2v) is 8.78. The van der Waals surface area contributed by atoms with E-state index in [9.17, 15) is 0 Å². The van der Waals surface area contributed by atoms with Crippen LogP contribution in [0.2, 0.25) is 0 Å². The van der Waals surface area contributed by atoms with Gasteiger partial charge in [-0.2, -0.15) is 9.13 Å². The van der Waals surface area contributed by atoms with Crippen LogP contribution in [0.5, 0.6) is 0 Å². The van der Waals surface area contributed by atoms with E-state index in [1.54, 1.807) is 0 Å². The molecule has 4 heteroatoms. The van der Waals surface area contributed by atoms with Crippen molar-refractivity contribution in [3.63, 3.8) is 0 Å². The molecule has 2 heterocycles. The van der Waals surface area contributed by atoms with E-state index in [0.717, 1.165) is 12.8 Å². The van der Waals surface area contributed by atoms with Gasteiger partial charge in [0.2, 0.25) is 0 Å². The van der Waals surface area contributed by atoms with E-state index >= 15 is 0 Å². The second-order valence-electron chi connectivity index (χ2n) is 8.78. The van der Waals surface area contributed by atoms with Gasteiger partial charge in [0.05, 0.1) is 0 Å². The first-order chi connectivity index (χ1) is 14.4. The summed E-state index contributed by atoms with van der Waals surface area (Å²) in [5.41, 5.74) is 8.10. The summed E-state index contributed by atoms with van der Waals surface area (Å²) in [5.74, 6) is 0. The minimum atomic E-state index is 0. The van der Waals surface area contributed by atoms with Crippen LogP contribution in [0.25, 0.3) is 0 Å².